The molecular formula is C4H4N2O3. The topological polar surface area (TPSA) is 78.8 Å². The maximum atomic E-state index is 10.2. The van der Waals surface area contributed by atoms with E-state index in [0.29, 0.717) is 0 Å². The van der Waals surface area contributed by atoms with E-state index in [-0.39, 0.29) is 12.3 Å². The Morgan fingerprint density at radius 2 is 2.44 bits per heavy atom. The molecule has 1 aliphatic heterocycles. The first kappa shape index (κ1) is 5.74. The van der Waals surface area contributed by atoms with Gasteiger partial charge in [0.15, 0.2) is 0 Å². The number of aliphatic carboxylic acids is 1. The average molecular weight is 128 g/mol. The highest BCUT2D eigenvalue weighted by atomic mass is 16.4. The SMILES string of the molecule is O=C1N=C(C(=O)O)CN1. The minimum atomic E-state index is -1.15. The van der Waals surface area contributed by atoms with Crippen molar-refractivity contribution < 1.29 is 14.7 Å². The lowest BCUT2D eigenvalue weighted by molar-refractivity contribution is -0.129. The first-order chi connectivity index (χ1) is 4.20. The van der Waals surface area contributed by atoms with Crippen LogP contribution in [0.2, 0.25) is 0 Å². The number of aliphatic imine (C=N–C) groups is 1. The van der Waals surface area contributed by atoms with Crippen LogP contribution >= 0.6 is 0 Å². The highest BCUT2D eigenvalue weighted by molar-refractivity contribution is 6.39. The molecule has 2 amide bonds. The Hall–Kier alpha value is -1.39. The van der Waals surface area contributed by atoms with Gasteiger partial charge in [-0.1, -0.05) is 0 Å². The Kier molecular flexibility index (Phi) is 1.18. The maximum absolute atomic E-state index is 10.2. The van der Waals surface area contributed by atoms with Crippen molar-refractivity contribution in [1.29, 1.82) is 0 Å². The molecule has 0 radical (unpaired) electrons. The van der Waals surface area contributed by atoms with Gasteiger partial charge in [-0.15, -0.1) is 0 Å². The summed E-state index contributed by atoms with van der Waals surface area (Å²) >= 11 is 0. The van der Waals surface area contributed by atoms with Gasteiger partial charge >= 0.3 is 12.0 Å². The van der Waals surface area contributed by atoms with Gasteiger partial charge in [-0.3, -0.25) is 0 Å². The molecule has 0 aromatic carbocycles. The van der Waals surface area contributed by atoms with Gasteiger partial charge in [-0.25, -0.2) is 9.59 Å². The molecule has 48 valence electrons. The number of carboxylic acids is 1. The number of carbonyl (C=O) groups excluding carboxylic acids is 1. The summed E-state index contributed by atoms with van der Waals surface area (Å²) in [4.78, 5) is 23.4. The first-order valence-corrected chi connectivity index (χ1v) is 2.29. The Morgan fingerprint density at radius 3 is 2.67 bits per heavy atom. The maximum Gasteiger partial charge on any atom is 0.352 e. The van der Waals surface area contributed by atoms with Gasteiger partial charge in [0.1, 0.15) is 5.71 Å². The van der Waals surface area contributed by atoms with Crippen molar-refractivity contribution in [1.82, 2.24) is 5.32 Å². The van der Waals surface area contributed by atoms with E-state index < -0.39 is 12.0 Å². The zero-order chi connectivity index (χ0) is 6.85. The number of carbonyl (C=O) groups is 2. The fourth-order valence-electron chi connectivity index (χ4n) is 0.484. The van der Waals surface area contributed by atoms with Gasteiger partial charge in [0, 0.05) is 0 Å². The van der Waals surface area contributed by atoms with Crippen LogP contribution in [0.5, 0.6) is 0 Å². The monoisotopic (exact) mass is 128 g/mol. The summed E-state index contributed by atoms with van der Waals surface area (Å²) in [6.07, 6.45) is 0. The van der Waals surface area contributed by atoms with Gasteiger partial charge in [-0.2, -0.15) is 4.99 Å². The van der Waals surface area contributed by atoms with Crippen molar-refractivity contribution in [2.45, 2.75) is 0 Å². The van der Waals surface area contributed by atoms with E-state index in [1.807, 2.05) is 0 Å². The van der Waals surface area contributed by atoms with Crippen LogP contribution in [-0.4, -0.2) is 29.4 Å². The molecule has 0 spiro atoms. The van der Waals surface area contributed by atoms with Gasteiger partial charge in [0.25, 0.3) is 0 Å². The van der Waals surface area contributed by atoms with Crippen molar-refractivity contribution in [3.63, 3.8) is 0 Å². The van der Waals surface area contributed by atoms with E-state index in [4.69, 9.17) is 5.11 Å². The van der Waals surface area contributed by atoms with Crippen molar-refractivity contribution in [3.05, 3.63) is 0 Å². The number of rotatable bonds is 1. The average Bonchev–Trinajstić information content (AvgIpc) is 2.14. The lowest BCUT2D eigenvalue weighted by Crippen LogP contribution is -2.21. The van der Waals surface area contributed by atoms with Gasteiger partial charge in [0.2, 0.25) is 0 Å². The smallest absolute Gasteiger partial charge is 0.352 e. The van der Waals surface area contributed by atoms with Crippen LogP contribution in [0.3, 0.4) is 0 Å². The van der Waals surface area contributed by atoms with Crippen LogP contribution in [0.4, 0.5) is 4.79 Å². The molecule has 1 aliphatic rings. The second-order valence-electron chi connectivity index (χ2n) is 1.52. The van der Waals surface area contributed by atoms with E-state index in [0.717, 1.165) is 0 Å². The number of urea groups is 1. The molecule has 0 fully saturated rings. The van der Waals surface area contributed by atoms with Gasteiger partial charge < -0.3 is 10.4 Å². The molecule has 2 N–H and O–H groups in total. The molecule has 0 bridgehead atoms. The quantitative estimate of drug-likeness (QED) is 0.487. The number of nitrogens with one attached hydrogen (secondary N) is 1. The summed E-state index contributed by atoms with van der Waals surface area (Å²) in [7, 11) is 0. The third-order valence-electron chi connectivity index (χ3n) is 0.890. The van der Waals surface area contributed by atoms with Crippen LogP contribution in [0.25, 0.3) is 0 Å². The zero-order valence-electron chi connectivity index (χ0n) is 4.42. The molecule has 0 aliphatic carbocycles. The predicted molar refractivity (Wildman–Crippen MR) is 28.5 cm³/mol. The van der Waals surface area contributed by atoms with Gasteiger partial charge in [-0.05, 0) is 0 Å². The molecule has 1 heterocycles. The van der Waals surface area contributed by atoms with Crippen molar-refractivity contribution in [2.24, 2.45) is 4.99 Å². The van der Waals surface area contributed by atoms with Crippen molar-refractivity contribution in [2.75, 3.05) is 6.54 Å². The van der Waals surface area contributed by atoms with E-state index in [1.54, 1.807) is 0 Å². The number of nitrogens with zero attached hydrogens (tertiary/aromatic N) is 1. The van der Waals surface area contributed by atoms with Crippen LogP contribution in [0.1, 0.15) is 0 Å². The minimum Gasteiger partial charge on any atom is -0.477 e. The number of amides is 2. The second kappa shape index (κ2) is 1.85. The number of hydrogen-bond donors (Lipinski definition) is 2. The molecule has 1 rings (SSSR count). The zero-order valence-corrected chi connectivity index (χ0v) is 4.42. The highest BCUT2D eigenvalue weighted by Crippen LogP contribution is 1.88. The van der Waals surface area contributed by atoms with E-state index in [1.165, 1.54) is 0 Å². The molecule has 5 nitrogen and oxygen atoms in total. The molecule has 0 saturated heterocycles. The molecular weight excluding hydrogens is 124 g/mol. The predicted octanol–water partition coefficient (Wildman–Crippen LogP) is -0.765. The fraction of sp³-hybridized carbons (Fsp3) is 0.250. The third kappa shape index (κ3) is 1.04. The molecule has 0 unspecified atom stereocenters. The minimum absolute atomic E-state index is 0.0359. The number of hydrogen-bond acceptors (Lipinski definition) is 2. The molecule has 9 heavy (non-hydrogen) atoms. The highest BCUT2D eigenvalue weighted by Gasteiger charge is 2.17. The molecule has 0 aromatic heterocycles. The third-order valence-corrected chi connectivity index (χ3v) is 0.890. The normalized spacial score (nSPS) is 16.9. The fourth-order valence-corrected chi connectivity index (χ4v) is 0.484. The summed E-state index contributed by atoms with van der Waals surface area (Å²) in [6, 6.07) is -0.576. The molecule has 0 aromatic rings. The van der Waals surface area contributed by atoms with E-state index >= 15 is 0 Å². The Morgan fingerprint density at radius 1 is 1.78 bits per heavy atom. The molecule has 0 saturated carbocycles. The number of carboxylic acid groups (broad SMARTS) is 1. The Bertz CT molecular complexity index is 196. The van der Waals surface area contributed by atoms with Crippen molar-refractivity contribution >= 4 is 17.7 Å². The summed E-state index contributed by atoms with van der Waals surface area (Å²) in [5, 5.41) is 10.4. The van der Waals surface area contributed by atoms with Crippen LogP contribution in [0.15, 0.2) is 4.99 Å². The first-order valence-electron chi connectivity index (χ1n) is 2.29. The van der Waals surface area contributed by atoms with Crippen molar-refractivity contribution in [3.8, 4) is 0 Å². The second-order valence-corrected chi connectivity index (χ2v) is 1.52. The summed E-state index contributed by atoms with van der Waals surface area (Å²) in [5.41, 5.74) is -0.125. The van der Waals surface area contributed by atoms with Crippen LogP contribution < -0.4 is 5.32 Å². The van der Waals surface area contributed by atoms with E-state index in [2.05, 4.69) is 10.3 Å². The summed E-state index contributed by atoms with van der Waals surface area (Å²) < 4.78 is 0. The van der Waals surface area contributed by atoms with Gasteiger partial charge in [0.05, 0.1) is 6.54 Å². The standard InChI is InChI=1S/C4H4N2O3/c7-3(8)2-1-5-4(9)6-2/h1H2,(H,5,9)(H,7,8). The molecule has 5 heteroatoms. The largest absolute Gasteiger partial charge is 0.477 e. The lowest BCUT2D eigenvalue weighted by Gasteiger charge is -1.85. The Balaban J connectivity index is 2.74. The van der Waals surface area contributed by atoms with Crippen LogP contribution in [-0.2, 0) is 4.79 Å². The lowest BCUT2D eigenvalue weighted by atomic mass is 10.4. The van der Waals surface area contributed by atoms with E-state index in [9.17, 15) is 9.59 Å². The summed E-state index contributed by atoms with van der Waals surface area (Å²) in [5.74, 6) is -1.15. The van der Waals surface area contributed by atoms with Crippen LogP contribution in [0, 0.1) is 0 Å². The molecule has 0 atom stereocenters. The Labute approximate surface area is 50.4 Å². The summed E-state index contributed by atoms with van der Waals surface area (Å²) in [6.45, 7) is 0.0359.